The van der Waals surface area contributed by atoms with Gasteiger partial charge in [-0.1, -0.05) is 37.5 Å². The van der Waals surface area contributed by atoms with Gasteiger partial charge in [-0.15, -0.1) is 0 Å². The molecule has 1 aromatic rings. The molecule has 4 rings (SSSR count). The van der Waals surface area contributed by atoms with Crippen LogP contribution in [0.5, 0.6) is 5.75 Å². The summed E-state index contributed by atoms with van der Waals surface area (Å²) in [6, 6.07) is 8.98. The number of piperazine rings is 1. The van der Waals surface area contributed by atoms with Crippen LogP contribution in [0.4, 0.5) is 4.79 Å². The Morgan fingerprint density at radius 2 is 1.80 bits per heavy atom. The van der Waals surface area contributed by atoms with Crippen molar-refractivity contribution in [2.24, 2.45) is 0 Å². The highest BCUT2D eigenvalue weighted by atomic mass is 16.5. The summed E-state index contributed by atoms with van der Waals surface area (Å²) in [7, 11) is 0. The Bertz CT molecular complexity index is 592. The highest BCUT2D eigenvalue weighted by molar-refractivity contribution is 5.74. The largest absolute Gasteiger partial charge is 0.491 e. The second-order valence-electron chi connectivity index (χ2n) is 7.58. The molecule has 1 saturated heterocycles. The molecule has 0 unspecified atom stereocenters. The van der Waals surface area contributed by atoms with Gasteiger partial charge in [-0.05, 0) is 30.9 Å². The van der Waals surface area contributed by atoms with Crippen LogP contribution in [0.25, 0.3) is 0 Å². The van der Waals surface area contributed by atoms with Gasteiger partial charge >= 0.3 is 6.03 Å². The Morgan fingerprint density at radius 1 is 1.04 bits per heavy atom. The van der Waals surface area contributed by atoms with Crippen molar-refractivity contribution in [1.82, 2.24) is 15.1 Å². The first-order valence-electron chi connectivity index (χ1n) is 9.80. The number of nitrogens with one attached hydrogen (secondary N) is 1. The first-order valence-corrected chi connectivity index (χ1v) is 9.80. The van der Waals surface area contributed by atoms with Crippen LogP contribution >= 0.6 is 0 Å². The number of carbonyl (C=O) groups is 1. The summed E-state index contributed by atoms with van der Waals surface area (Å²) in [5, 5.41) is 3.17. The van der Waals surface area contributed by atoms with E-state index in [4.69, 9.17) is 4.74 Å². The summed E-state index contributed by atoms with van der Waals surface area (Å²) in [4.78, 5) is 17.2. The lowest BCUT2D eigenvalue weighted by molar-refractivity contribution is 0.0885. The van der Waals surface area contributed by atoms with Gasteiger partial charge in [0.2, 0.25) is 0 Å². The Kier molecular flexibility index (Phi) is 5.11. The fourth-order valence-electron chi connectivity index (χ4n) is 4.42. The van der Waals surface area contributed by atoms with Crippen molar-refractivity contribution in [3.63, 3.8) is 0 Å². The molecular weight excluding hydrogens is 314 g/mol. The number of amides is 2. The summed E-state index contributed by atoms with van der Waals surface area (Å²) >= 11 is 0. The number of nitrogens with zero attached hydrogens (tertiary/aromatic N) is 2. The Hall–Kier alpha value is -1.75. The van der Waals surface area contributed by atoms with Crippen molar-refractivity contribution >= 4 is 6.03 Å². The summed E-state index contributed by atoms with van der Waals surface area (Å²) < 4.78 is 5.78. The molecule has 1 aromatic carbocycles. The molecule has 0 bridgehead atoms. The second kappa shape index (κ2) is 7.65. The van der Waals surface area contributed by atoms with Gasteiger partial charge in [0, 0.05) is 32.2 Å². The van der Waals surface area contributed by atoms with E-state index < -0.39 is 0 Å². The highest BCUT2D eigenvalue weighted by Crippen LogP contribution is 2.25. The fourth-order valence-corrected chi connectivity index (χ4v) is 4.42. The molecule has 25 heavy (non-hydrogen) atoms. The average molecular weight is 343 g/mol. The molecule has 1 atom stereocenters. The number of fused-ring (bicyclic) bond motifs is 1. The molecule has 2 heterocycles. The summed E-state index contributed by atoms with van der Waals surface area (Å²) in [6.45, 7) is 4.27. The summed E-state index contributed by atoms with van der Waals surface area (Å²) in [5.41, 5.74) is 1.18. The molecule has 5 nitrogen and oxygen atoms in total. The fraction of sp³-hybridized carbons (Fsp3) is 0.650. The molecule has 136 valence electrons. The van der Waals surface area contributed by atoms with Crippen LogP contribution in [0, 0.1) is 0 Å². The van der Waals surface area contributed by atoms with Crippen molar-refractivity contribution in [1.29, 1.82) is 0 Å². The predicted molar refractivity (Wildman–Crippen MR) is 98.0 cm³/mol. The minimum absolute atomic E-state index is 0.0660. The quantitative estimate of drug-likeness (QED) is 0.898. The molecule has 1 aliphatic carbocycles. The van der Waals surface area contributed by atoms with Crippen molar-refractivity contribution in [3.05, 3.63) is 29.8 Å². The zero-order valence-corrected chi connectivity index (χ0v) is 15.0. The van der Waals surface area contributed by atoms with Crippen LogP contribution in [0.3, 0.4) is 0 Å². The van der Waals surface area contributed by atoms with Crippen LogP contribution in [0.15, 0.2) is 24.3 Å². The van der Waals surface area contributed by atoms with E-state index >= 15 is 0 Å². The molecule has 2 aliphatic heterocycles. The maximum Gasteiger partial charge on any atom is 0.317 e. The lowest BCUT2D eigenvalue weighted by atomic mass is 9.94. The van der Waals surface area contributed by atoms with Gasteiger partial charge in [-0.3, -0.25) is 4.90 Å². The van der Waals surface area contributed by atoms with Gasteiger partial charge in [0.1, 0.15) is 12.4 Å². The van der Waals surface area contributed by atoms with E-state index in [-0.39, 0.29) is 12.1 Å². The minimum Gasteiger partial charge on any atom is -0.491 e. The lowest BCUT2D eigenvalue weighted by Gasteiger charge is -2.41. The zero-order valence-electron chi connectivity index (χ0n) is 15.0. The van der Waals surface area contributed by atoms with Crippen LogP contribution in [0.2, 0.25) is 0 Å². The molecule has 1 saturated carbocycles. The average Bonchev–Trinajstić information content (AvgIpc) is 2.69. The van der Waals surface area contributed by atoms with Gasteiger partial charge < -0.3 is 15.0 Å². The number of hydrogen-bond acceptors (Lipinski definition) is 3. The van der Waals surface area contributed by atoms with Crippen LogP contribution in [0.1, 0.15) is 37.7 Å². The standard InChI is InChI=1S/C20H29N3O2/c24-20(21-17-14-16-6-4-5-9-19(16)25-15-17)23-12-10-22(11-13-23)18-7-2-1-3-8-18/h4-6,9,17-18H,1-3,7-8,10-15H2,(H,21,24)/t17-/m0/s1. The van der Waals surface area contributed by atoms with E-state index in [2.05, 4.69) is 16.3 Å². The summed E-state index contributed by atoms with van der Waals surface area (Å²) in [6.07, 6.45) is 7.66. The Labute approximate surface area is 150 Å². The molecular formula is C20H29N3O2. The third-order valence-electron chi connectivity index (χ3n) is 5.90. The monoisotopic (exact) mass is 343 g/mol. The first-order chi connectivity index (χ1) is 12.3. The van der Waals surface area contributed by atoms with E-state index in [1.54, 1.807) is 0 Å². The third kappa shape index (κ3) is 3.92. The number of ether oxygens (including phenoxy) is 1. The number of carbonyl (C=O) groups excluding carboxylic acids is 1. The maximum absolute atomic E-state index is 12.6. The molecule has 2 amide bonds. The third-order valence-corrected chi connectivity index (χ3v) is 5.90. The second-order valence-corrected chi connectivity index (χ2v) is 7.58. The molecule has 5 heteroatoms. The molecule has 3 aliphatic rings. The topological polar surface area (TPSA) is 44.8 Å². The number of para-hydroxylation sites is 1. The first kappa shape index (κ1) is 16.7. The maximum atomic E-state index is 12.6. The minimum atomic E-state index is 0.0660. The Balaban J connectivity index is 1.25. The Morgan fingerprint density at radius 3 is 2.60 bits per heavy atom. The van der Waals surface area contributed by atoms with Crippen LogP contribution < -0.4 is 10.1 Å². The SMILES string of the molecule is O=C(N[C@@H]1COc2ccccc2C1)N1CCN(C2CCCCC2)CC1. The molecule has 0 radical (unpaired) electrons. The van der Waals surface area contributed by atoms with Gasteiger partial charge in [0.25, 0.3) is 0 Å². The van der Waals surface area contributed by atoms with E-state index in [0.29, 0.717) is 6.61 Å². The number of urea groups is 1. The smallest absolute Gasteiger partial charge is 0.317 e. The van der Waals surface area contributed by atoms with Gasteiger partial charge in [-0.2, -0.15) is 0 Å². The normalized spacial score (nSPS) is 25.1. The molecule has 2 fully saturated rings. The lowest BCUT2D eigenvalue weighted by Crippen LogP contribution is -2.56. The van der Waals surface area contributed by atoms with Gasteiger partial charge in [-0.25, -0.2) is 4.79 Å². The van der Waals surface area contributed by atoms with Crippen LogP contribution in [-0.4, -0.2) is 60.7 Å². The number of benzene rings is 1. The van der Waals surface area contributed by atoms with E-state index in [1.807, 2.05) is 23.1 Å². The van der Waals surface area contributed by atoms with Crippen LogP contribution in [-0.2, 0) is 6.42 Å². The number of hydrogen-bond donors (Lipinski definition) is 1. The summed E-state index contributed by atoms with van der Waals surface area (Å²) in [5.74, 6) is 0.953. The molecule has 0 aromatic heterocycles. The molecule has 1 N–H and O–H groups in total. The predicted octanol–water partition coefficient (Wildman–Crippen LogP) is 2.65. The van der Waals surface area contributed by atoms with Crippen molar-refractivity contribution in [2.75, 3.05) is 32.8 Å². The van der Waals surface area contributed by atoms with Gasteiger partial charge in [0.15, 0.2) is 0 Å². The van der Waals surface area contributed by atoms with E-state index in [1.165, 1.54) is 37.7 Å². The van der Waals surface area contributed by atoms with Gasteiger partial charge in [0.05, 0.1) is 6.04 Å². The zero-order chi connectivity index (χ0) is 17.1. The van der Waals surface area contributed by atoms with E-state index in [9.17, 15) is 4.79 Å². The van der Waals surface area contributed by atoms with Crippen molar-refractivity contribution in [3.8, 4) is 5.75 Å². The number of rotatable bonds is 2. The van der Waals surface area contributed by atoms with Crippen molar-refractivity contribution in [2.45, 2.75) is 50.6 Å². The highest BCUT2D eigenvalue weighted by Gasteiger charge is 2.28. The van der Waals surface area contributed by atoms with Crippen molar-refractivity contribution < 1.29 is 9.53 Å². The molecule has 0 spiro atoms. The van der Waals surface area contributed by atoms with E-state index in [0.717, 1.165) is 44.4 Å².